The van der Waals surface area contributed by atoms with Crippen LogP contribution in [0.25, 0.3) is 10.9 Å². The summed E-state index contributed by atoms with van der Waals surface area (Å²) in [4.78, 5) is 4.24. The molecule has 1 unspecified atom stereocenters. The number of aromatic nitrogens is 5. The van der Waals surface area contributed by atoms with Crippen molar-refractivity contribution >= 4 is 10.9 Å². The molecule has 0 spiro atoms. The summed E-state index contributed by atoms with van der Waals surface area (Å²) in [5.41, 5.74) is 1.71. The van der Waals surface area contributed by atoms with Gasteiger partial charge >= 0.3 is 0 Å². The fourth-order valence-electron chi connectivity index (χ4n) is 2.60. The van der Waals surface area contributed by atoms with Crippen LogP contribution < -0.4 is 0 Å². The van der Waals surface area contributed by atoms with Crippen LogP contribution in [0.2, 0.25) is 0 Å². The van der Waals surface area contributed by atoms with Crippen LogP contribution >= 0.6 is 0 Å². The summed E-state index contributed by atoms with van der Waals surface area (Å²) in [7, 11) is 1.89. The first-order chi connectivity index (χ1) is 10.2. The maximum Gasteiger partial charge on any atom is 0.138 e. The zero-order valence-corrected chi connectivity index (χ0v) is 12.3. The van der Waals surface area contributed by atoms with Gasteiger partial charge in [0.15, 0.2) is 0 Å². The van der Waals surface area contributed by atoms with Gasteiger partial charge in [-0.25, -0.2) is 4.98 Å². The molecule has 2 heterocycles. The van der Waals surface area contributed by atoms with Gasteiger partial charge in [0.2, 0.25) is 0 Å². The van der Waals surface area contributed by atoms with Crippen LogP contribution in [0.4, 0.5) is 0 Å². The van der Waals surface area contributed by atoms with E-state index in [0.29, 0.717) is 12.1 Å². The van der Waals surface area contributed by atoms with Gasteiger partial charge in [-0.15, -0.1) is 0 Å². The van der Waals surface area contributed by atoms with Crippen LogP contribution in [-0.2, 0) is 20.0 Å². The van der Waals surface area contributed by atoms with E-state index in [1.807, 2.05) is 36.0 Å². The van der Waals surface area contributed by atoms with Gasteiger partial charge in [0.25, 0.3) is 0 Å². The van der Waals surface area contributed by atoms with Crippen LogP contribution in [0.15, 0.2) is 30.6 Å². The molecule has 1 aromatic carbocycles. The number of hydrogen-bond donors (Lipinski definition) is 1. The van der Waals surface area contributed by atoms with E-state index in [1.165, 1.54) is 6.33 Å². The Morgan fingerprint density at radius 2 is 2.10 bits per heavy atom. The lowest BCUT2D eigenvalue weighted by Crippen LogP contribution is -2.11. The van der Waals surface area contributed by atoms with Crippen LogP contribution in [0, 0.1) is 0 Å². The van der Waals surface area contributed by atoms with E-state index in [1.54, 1.807) is 4.68 Å². The Morgan fingerprint density at radius 1 is 1.29 bits per heavy atom. The average molecular weight is 285 g/mol. The Bertz CT molecular complexity index is 745. The van der Waals surface area contributed by atoms with E-state index in [-0.39, 0.29) is 0 Å². The smallest absolute Gasteiger partial charge is 0.138 e. The van der Waals surface area contributed by atoms with Gasteiger partial charge in [0, 0.05) is 25.4 Å². The third kappa shape index (κ3) is 2.54. The highest BCUT2D eigenvalue weighted by Crippen LogP contribution is 2.25. The van der Waals surface area contributed by atoms with Gasteiger partial charge in [0.05, 0.1) is 11.2 Å². The Labute approximate surface area is 123 Å². The minimum Gasteiger partial charge on any atom is -0.386 e. The van der Waals surface area contributed by atoms with Crippen molar-refractivity contribution in [1.82, 2.24) is 24.5 Å². The van der Waals surface area contributed by atoms with Crippen molar-refractivity contribution in [3.05, 3.63) is 42.1 Å². The molecule has 2 aromatic heterocycles. The molecule has 0 fully saturated rings. The number of nitrogens with zero attached hydrogens (tertiary/aromatic N) is 5. The van der Waals surface area contributed by atoms with Crippen molar-refractivity contribution < 1.29 is 5.11 Å². The summed E-state index contributed by atoms with van der Waals surface area (Å²) < 4.78 is 3.64. The third-order valence-corrected chi connectivity index (χ3v) is 3.61. The second-order valence-electron chi connectivity index (χ2n) is 5.15. The lowest BCUT2D eigenvalue weighted by Gasteiger charge is -2.09. The van der Waals surface area contributed by atoms with Crippen molar-refractivity contribution in [1.29, 1.82) is 0 Å². The molecule has 0 aliphatic heterocycles. The number of para-hydroxylation sites is 1. The molecular weight excluding hydrogens is 266 g/mol. The summed E-state index contributed by atoms with van der Waals surface area (Å²) in [5.74, 6) is 0.791. The fraction of sp³-hybridized carbons (Fsp3) is 0.400. The topological polar surface area (TPSA) is 68.8 Å². The Kier molecular flexibility index (Phi) is 3.70. The van der Waals surface area contributed by atoms with Gasteiger partial charge in [-0.3, -0.25) is 9.36 Å². The molecule has 6 nitrogen and oxygen atoms in total. The molecule has 110 valence electrons. The molecule has 1 atom stereocenters. The molecule has 6 heteroatoms. The third-order valence-electron chi connectivity index (χ3n) is 3.61. The van der Waals surface area contributed by atoms with Crippen LogP contribution in [0.3, 0.4) is 0 Å². The van der Waals surface area contributed by atoms with Crippen LogP contribution in [0.1, 0.15) is 31.0 Å². The Balaban J connectivity index is 1.90. The molecule has 0 aliphatic rings. The number of aryl methyl sites for hydroxylation is 2. The Morgan fingerprint density at radius 3 is 2.90 bits per heavy atom. The predicted molar refractivity (Wildman–Crippen MR) is 79.7 cm³/mol. The number of fused-ring (bicyclic) bond motifs is 1. The number of aliphatic hydroxyl groups is 1. The lowest BCUT2D eigenvalue weighted by molar-refractivity contribution is 0.169. The van der Waals surface area contributed by atoms with Gasteiger partial charge in [0.1, 0.15) is 18.3 Å². The molecule has 3 aromatic rings. The number of rotatable bonds is 5. The number of hydrogen-bond acceptors (Lipinski definition) is 4. The quantitative estimate of drug-likeness (QED) is 0.776. The monoisotopic (exact) mass is 285 g/mol. The molecule has 0 saturated carbocycles. The van der Waals surface area contributed by atoms with E-state index in [2.05, 4.69) is 22.1 Å². The first-order valence-electron chi connectivity index (χ1n) is 7.17. The van der Waals surface area contributed by atoms with Crippen LogP contribution in [0.5, 0.6) is 0 Å². The number of aliphatic hydroxyl groups excluding tert-OH is 1. The van der Waals surface area contributed by atoms with E-state index < -0.39 is 6.10 Å². The molecule has 21 heavy (non-hydrogen) atoms. The molecule has 0 aliphatic carbocycles. The van der Waals surface area contributed by atoms with Gasteiger partial charge in [-0.1, -0.05) is 25.1 Å². The zero-order valence-electron chi connectivity index (χ0n) is 12.3. The van der Waals surface area contributed by atoms with E-state index in [0.717, 1.165) is 29.7 Å². The second-order valence-corrected chi connectivity index (χ2v) is 5.15. The molecule has 0 amide bonds. The first-order valence-corrected chi connectivity index (χ1v) is 7.17. The molecule has 0 bridgehead atoms. The summed E-state index contributed by atoms with van der Waals surface area (Å²) in [6.07, 6.45) is 2.25. The average Bonchev–Trinajstić information content (AvgIpc) is 3.05. The summed E-state index contributed by atoms with van der Waals surface area (Å²) in [6, 6.07) is 7.91. The molecule has 0 radical (unpaired) electrons. The fourth-order valence-corrected chi connectivity index (χ4v) is 2.60. The standard InChI is InChI=1S/C15H19N5O/c1-3-8-20-14(16-10-17-20)9-13(21)15-11-6-4-5-7-12(11)19(2)18-15/h4-7,10,13,21H,3,8-9H2,1-2H3. The van der Waals surface area contributed by atoms with Crippen molar-refractivity contribution in [3.8, 4) is 0 Å². The Hall–Kier alpha value is -2.21. The van der Waals surface area contributed by atoms with Crippen LogP contribution in [-0.4, -0.2) is 29.7 Å². The summed E-state index contributed by atoms with van der Waals surface area (Å²) in [6.45, 7) is 2.90. The zero-order chi connectivity index (χ0) is 14.8. The summed E-state index contributed by atoms with van der Waals surface area (Å²) >= 11 is 0. The lowest BCUT2D eigenvalue weighted by atomic mass is 10.1. The molecule has 3 rings (SSSR count). The minimum atomic E-state index is -0.684. The minimum absolute atomic E-state index is 0.418. The normalized spacial score (nSPS) is 12.9. The first kappa shape index (κ1) is 13.8. The molecular formula is C15H19N5O. The van der Waals surface area contributed by atoms with Gasteiger partial charge in [-0.05, 0) is 12.5 Å². The highest BCUT2D eigenvalue weighted by atomic mass is 16.3. The van der Waals surface area contributed by atoms with Crippen molar-refractivity contribution in [3.63, 3.8) is 0 Å². The maximum atomic E-state index is 10.5. The van der Waals surface area contributed by atoms with Crippen molar-refractivity contribution in [2.75, 3.05) is 0 Å². The van der Waals surface area contributed by atoms with E-state index >= 15 is 0 Å². The number of benzene rings is 1. The van der Waals surface area contributed by atoms with Crippen molar-refractivity contribution in [2.24, 2.45) is 7.05 Å². The molecule has 0 saturated heterocycles. The van der Waals surface area contributed by atoms with E-state index in [9.17, 15) is 5.11 Å². The van der Waals surface area contributed by atoms with Crippen molar-refractivity contribution in [2.45, 2.75) is 32.4 Å². The SMILES string of the molecule is CCCn1ncnc1CC(O)c1nn(C)c2ccccc12. The predicted octanol–water partition coefficient (Wildman–Crippen LogP) is 1.85. The highest BCUT2D eigenvalue weighted by molar-refractivity contribution is 5.82. The highest BCUT2D eigenvalue weighted by Gasteiger charge is 2.19. The van der Waals surface area contributed by atoms with Gasteiger partial charge < -0.3 is 5.11 Å². The second kappa shape index (κ2) is 5.65. The van der Waals surface area contributed by atoms with E-state index in [4.69, 9.17) is 0 Å². The largest absolute Gasteiger partial charge is 0.386 e. The summed E-state index contributed by atoms with van der Waals surface area (Å²) in [5, 5.41) is 20.2. The molecule has 1 N–H and O–H groups in total. The van der Waals surface area contributed by atoms with Gasteiger partial charge in [-0.2, -0.15) is 10.2 Å². The maximum absolute atomic E-state index is 10.5.